The molecule has 0 saturated carbocycles. The fourth-order valence-electron chi connectivity index (χ4n) is 4.02. The average Bonchev–Trinajstić information content (AvgIpc) is 3.30. The topological polar surface area (TPSA) is 67.9 Å². The van der Waals surface area contributed by atoms with Gasteiger partial charge in [-0.05, 0) is 37.1 Å². The lowest BCUT2D eigenvalue weighted by Gasteiger charge is -2.34. The van der Waals surface area contributed by atoms with Crippen molar-refractivity contribution >= 4 is 16.6 Å². The van der Waals surface area contributed by atoms with Crippen LogP contribution in [0.15, 0.2) is 59.3 Å². The maximum atomic E-state index is 12.7. The van der Waals surface area contributed by atoms with Crippen molar-refractivity contribution in [1.82, 2.24) is 20.1 Å². The van der Waals surface area contributed by atoms with E-state index >= 15 is 0 Å². The lowest BCUT2D eigenvalue weighted by atomic mass is 9.92. The maximum absolute atomic E-state index is 12.7. The van der Waals surface area contributed by atoms with E-state index in [9.17, 15) is 13.2 Å². The first-order valence-electron chi connectivity index (χ1n) is 9.96. The summed E-state index contributed by atoms with van der Waals surface area (Å²) in [6.45, 7) is 1.70. The van der Waals surface area contributed by atoms with Crippen LogP contribution in [0.5, 0.6) is 0 Å². The summed E-state index contributed by atoms with van der Waals surface area (Å²) in [7, 11) is 0. The lowest BCUT2D eigenvalue weighted by molar-refractivity contribution is -0.159. The third kappa shape index (κ3) is 3.83. The van der Waals surface area contributed by atoms with Gasteiger partial charge in [-0.2, -0.15) is 18.2 Å². The second-order valence-electron chi connectivity index (χ2n) is 7.48. The Bertz CT molecular complexity index is 1210. The van der Waals surface area contributed by atoms with Gasteiger partial charge >= 0.3 is 12.1 Å². The molecule has 5 rings (SSSR count). The van der Waals surface area contributed by atoms with E-state index in [4.69, 9.17) is 0 Å². The molecule has 1 fully saturated rings. The smallest absolute Gasteiger partial charge is 0.371 e. The van der Waals surface area contributed by atoms with Crippen LogP contribution in [-0.2, 0) is 6.18 Å². The number of rotatable bonds is 3. The van der Waals surface area contributed by atoms with Crippen molar-refractivity contribution in [2.75, 3.05) is 18.0 Å². The highest BCUT2D eigenvalue weighted by atomic mass is 19.4. The Morgan fingerprint density at radius 1 is 0.935 bits per heavy atom. The van der Waals surface area contributed by atoms with E-state index in [0.29, 0.717) is 0 Å². The van der Waals surface area contributed by atoms with Gasteiger partial charge in [0.2, 0.25) is 5.82 Å². The Kier molecular flexibility index (Phi) is 4.80. The van der Waals surface area contributed by atoms with Crippen molar-refractivity contribution in [2.45, 2.75) is 24.9 Å². The van der Waals surface area contributed by atoms with Gasteiger partial charge in [0.05, 0.1) is 5.52 Å². The SMILES string of the molecule is FC(F)(F)c1nc(-c2cccc(C3CCN(c4ccnc5ccccc45)CC3)n2)no1. The van der Waals surface area contributed by atoms with Crippen molar-refractivity contribution < 1.29 is 17.7 Å². The minimum atomic E-state index is -4.67. The number of fused-ring (bicyclic) bond motifs is 1. The van der Waals surface area contributed by atoms with Crippen molar-refractivity contribution in [3.63, 3.8) is 0 Å². The third-order valence-corrected chi connectivity index (χ3v) is 5.55. The predicted octanol–water partition coefficient (Wildman–Crippen LogP) is 5.08. The highest BCUT2D eigenvalue weighted by Gasteiger charge is 2.38. The minimum Gasteiger partial charge on any atom is -0.371 e. The molecule has 1 aliphatic rings. The molecule has 0 bridgehead atoms. The molecule has 0 spiro atoms. The van der Waals surface area contributed by atoms with Crippen LogP contribution in [0, 0.1) is 0 Å². The van der Waals surface area contributed by atoms with Crippen LogP contribution in [0.25, 0.3) is 22.4 Å². The Hall–Kier alpha value is -3.49. The summed E-state index contributed by atoms with van der Waals surface area (Å²) < 4.78 is 42.5. The normalized spacial score (nSPS) is 15.5. The molecule has 4 heterocycles. The number of alkyl halides is 3. The second-order valence-corrected chi connectivity index (χ2v) is 7.48. The molecule has 1 saturated heterocycles. The minimum absolute atomic E-state index is 0.158. The number of pyridine rings is 2. The first-order chi connectivity index (χ1) is 15.0. The van der Waals surface area contributed by atoms with Gasteiger partial charge in [0, 0.05) is 42.0 Å². The summed E-state index contributed by atoms with van der Waals surface area (Å²) in [6.07, 6.45) is -1.08. The number of benzene rings is 1. The summed E-state index contributed by atoms with van der Waals surface area (Å²) >= 11 is 0. The molecule has 0 N–H and O–H groups in total. The number of nitrogens with zero attached hydrogens (tertiary/aromatic N) is 5. The van der Waals surface area contributed by atoms with Gasteiger partial charge < -0.3 is 9.42 Å². The molecule has 0 unspecified atom stereocenters. The van der Waals surface area contributed by atoms with Crippen molar-refractivity contribution in [1.29, 1.82) is 0 Å². The summed E-state index contributed by atoms with van der Waals surface area (Å²) in [6, 6.07) is 15.4. The molecular weight excluding hydrogens is 407 g/mol. The van der Waals surface area contributed by atoms with Gasteiger partial charge in [0.1, 0.15) is 5.69 Å². The number of hydrogen-bond acceptors (Lipinski definition) is 6. The molecule has 9 heteroatoms. The average molecular weight is 425 g/mol. The maximum Gasteiger partial charge on any atom is 0.471 e. The summed E-state index contributed by atoms with van der Waals surface area (Å²) in [4.78, 5) is 14.7. The van der Waals surface area contributed by atoms with Crippen molar-refractivity contribution in [3.05, 3.63) is 66.3 Å². The van der Waals surface area contributed by atoms with Crippen molar-refractivity contribution in [3.8, 4) is 11.5 Å². The standard InChI is InChI=1S/C22H18F3N5O/c23-22(24,25)21-28-20(29-31-21)18-7-3-6-16(27-18)14-9-12-30(13-10-14)19-8-11-26-17-5-2-1-4-15(17)19/h1-8,11,14H,9-10,12-13H2. The molecule has 158 valence electrons. The molecular formula is C22H18F3N5O. The van der Waals surface area contributed by atoms with E-state index in [1.54, 1.807) is 12.1 Å². The Balaban J connectivity index is 1.33. The van der Waals surface area contributed by atoms with Gasteiger partial charge in [-0.15, -0.1) is 0 Å². The zero-order valence-corrected chi connectivity index (χ0v) is 16.4. The van der Waals surface area contributed by atoms with E-state index in [0.717, 1.165) is 48.2 Å². The summed E-state index contributed by atoms with van der Waals surface area (Å²) in [5.41, 5.74) is 3.24. The van der Waals surface area contributed by atoms with Crippen LogP contribution >= 0.6 is 0 Å². The van der Waals surface area contributed by atoms with Gasteiger partial charge in [-0.1, -0.05) is 29.4 Å². The van der Waals surface area contributed by atoms with E-state index in [2.05, 4.69) is 35.6 Å². The van der Waals surface area contributed by atoms with Crippen molar-refractivity contribution in [2.24, 2.45) is 0 Å². The quantitative estimate of drug-likeness (QED) is 0.456. The zero-order chi connectivity index (χ0) is 21.4. The molecule has 0 radical (unpaired) electrons. The Morgan fingerprint density at radius 3 is 2.52 bits per heavy atom. The molecule has 0 aliphatic carbocycles. The van der Waals surface area contributed by atoms with Gasteiger partial charge in [0.15, 0.2) is 0 Å². The van der Waals surface area contributed by atoms with E-state index in [1.807, 2.05) is 36.5 Å². The number of piperidine rings is 1. The first kappa shape index (κ1) is 19.5. The molecule has 1 aliphatic heterocycles. The lowest BCUT2D eigenvalue weighted by Crippen LogP contribution is -2.33. The van der Waals surface area contributed by atoms with Crippen LogP contribution in [0.2, 0.25) is 0 Å². The summed E-state index contributed by atoms with van der Waals surface area (Å²) in [5.74, 6) is -1.32. The Morgan fingerprint density at radius 2 is 1.74 bits per heavy atom. The van der Waals surface area contributed by atoms with Crippen LogP contribution in [0.4, 0.5) is 18.9 Å². The van der Waals surface area contributed by atoms with E-state index in [1.165, 1.54) is 0 Å². The van der Waals surface area contributed by atoms with Crippen LogP contribution in [0.1, 0.15) is 30.3 Å². The largest absolute Gasteiger partial charge is 0.471 e. The van der Waals surface area contributed by atoms with Crippen LogP contribution in [0.3, 0.4) is 0 Å². The zero-order valence-electron chi connectivity index (χ0n) is 16.4. The number of aromatic nitrogens is 4. The van der Waals surface area contributed by atoms with Gasteiger partial charge in [-0.3, -0.25) is 4.98 Å². The molecule has 4 aromatic rings. The fourth-order valence-corrected chi connectivity index (χ4v) is 4.02. The number of anilines is 1. The first-order valence-corrected chi connectivity index (χ1v) is 9.96. The molecule has 0 amide bonds. The van der Waals surface area contributed by atoms with E-state index in [-0.39, 0.29) is 17.4 Å². The fraction of sp³-hybridized carbons (Fsp3) is 0.273. The number of para-hydroxylation sites is 1. The van der Waals surface area contributed by atoms with Crippen LogP contribution in [-0.4, -0.2) is 33.2 Å². The van der Waals surface area contributed by atoms with E-state index < -0.39 is 12.1 Å². The highest BCUT2D eigenvalue weighted by molar-refractivity contribution is 5.91. The molecule has 3 aromatic heterocycles. The van der Waals surface area contributed by atoms with Crippen LogP contribution < -0.4 is 4.90 Å². The third-order valence-electron chi connectivity index (χ3n) is 5.55. The molecule has 1 aromatic carbocycles. The van der Waals surface area contributed by atoms with Gasteiger partial charge in [-0.25, -0.2) is 4.98 Å². The number of halogens is 3. The predicted molar refractivity (Wildman–Crippen MR) is 108 cm³/mol. The molecule has 31 heavy (non-hydrogen) atoms. The monoisotopic (exact) mass is 425 g/mol. The molecule has 6 nitrogen and oxygen atoms in total. The summed E-state index contributed by atoms with van der Waals surface area (Å²) in [5, 5.41) is 4.56. The second kappa shape index (κ2) is 7.64. The van der Waals surface area contributed by atoms with Gasteiger partial charge in [0.25, 0.3) is 0 Å². The molecule has 0 atom stereocenters. The Labute approximate surface area is 175 Å². The number of hydrogen-bond donors (Lipinski definition) is 0. The highest BCUT2D eigenvalue weighted by Crippen LogP contribution is 2.34.